The van der Waals surface area contributed by atoms with Gasteiger partial charge in [0.15, 0.2) is 0 Å². The van der Waals surface area contributed by atoms with Gasteiger partial charge in [0.1, 0.15) is 0 Å². The van der Waals surface area contributed by atoms with Crippen molar-refractivity contribution in [1.29, 1.82) is 0 Å². The van der Waals surface area contributed by atoms with Gasteiger partial charge in [-0.2, -0.15) is 0 Å². The molecule has 1 unspecified atom stereocenters. The molecule has 3 N–H and O–H groups in total. The number of benzene rings is 1. The Bertz CT molecular complexity index is 352. The molecule has 0 spiro atoms. The Morgan fingerprint density at radius 2 is 1.94 bits per heavy atom. The summed E-state index contributed by atoms with van der Waals surface area (Å²) in [6.07, 6.45) is 0.418. The van der Waals surface area contributed by atoms with Crippen LogP contribution in [0.4, 0.5) is 0 Å². The third-order valence-corrected chi connectivity index (χ3v) is 2.58. The molecule has 1 amide bonds. The Kier molecular flexibility index (Phi) is 6.39. The summed E-state index contributed by atoms with van der Waals surface area (Å²) in [7, 11) is 0. The molecule has 0 saturated heterocycles. The molecule has 0 aliphatic rings. The molecule has 100 valence electrons. The molecule has 4 nitrogen and oxygen atoms in total. The SMILES string of the molecule is CC(C)NC(=O)CCNC(CO)c1ccccc1. The molecule has 0 aromatic heterocycles. The van der Waals surface area contributed by atoms with Crippen LogP contribution in [-0.2, 0) is 4.79 Å². The first-order valence-corrected chi connectivity index (χ1v) is 6.32. The van der Waals surface area contributed by atoms with E-state index in [1.165, 1.54) is 0 Å². The van der Waals surface area contributed by atoms with Crippen molar-refractivity contribution in [2.75, 3.05) is 13.2 Å². The molecular formula is C14H22N2O2. The molecule has 18 heavy (non-hydrogen) atoms. The van der Waals surface area contributed by atoms with Crippen LogP contribution in [0.1, 0.15) is 31.9 Å². The highest BCUT2D eigenvalue weighted by Gasteiger charge is 2.10. The van der Waals surface area contributed by atoms with Crippen molar-refractivity contribution in [1.82, 2.24) is 10.6 Å². The van der Waals surface area contributed by atoms with Gasteiger partial charge < -0.3 is 15.7 Å². The number of aliphatic hydroxyl groups excluding tert-OH is 1. The molecule has 0 aliphatic carbocycles. The van der Waals surface area contributed by atoms with E-state index >= 15 is 0 Å². The van der Waals surface area contributed by atoms with Gasteiger partial charge in [-0.3, -0.25) is 4.79 Å². The van der Waals surface area contributed by atoms with Crippen molar-refractivity contribution in [2.24, 2.45) is 0 Å². The van der Waals surface area contributed by atoms with E-state index in [4.69, 9.17) is 0 Å². The van der Waals surface area contributed by atoms with Gasteiger partial charge in [0, 0.05) is 19.0 Å². The predicted molar refractivity (Wildman–Crippen MR) is 72.2 cm³/mol. The van der Waals surface area contributed by atoms with Gasteiger partial charge in [0.2, 0.25) is 5.91 Å². The minimum atomic E-state index is -0.113. The van der Waals surface area contributed by atoms with Gasteiger partial charge in [-0.05, 0) is 19.4 Å². The van der Waals surface area contributed by atoms with Crippen LogP contribution in [0.2, 0.25) is 0 Å². The van der Waals surface area contributed by atoms with Crippen LogP contribution < -0.4 is 10.6 Å². The summed E-state index contributed by atoms with van der Waals surface area (Å²) in [6, 6.07) is 9.78. The standard InChI is InChI=1S/C14H22N2O2/c1-11(2)16-14(18)8-9-15-13(10-17)12-6-4-3-5-7-12/h3-7,11,13,15,17H,8-10H2,1-2H3,(H,16,18). The monoisotopic (exact) mass is 250 g/mol. The summed E-state index contributed by atoms with van der Waals surface area (Å²) in [6.45, 7) is 4.45. The number of amides is 1. The Morgan fingerprint density at radius 3 is 2.50 bits per heavy atom. The number of nitrogens with one attached hydrogen (secondary N) is 2. The maximum atomic E-state index is 11.4. The first kappa shape index (κ1) is 14.7. The lowest BCUT2D eigenvalue weighted by Gasteiger charge is -2.16. The molecule has 1 aromatic carbocycles. The minimum absolute atomic E-state index is 0.0236. The molecule has 0 saturated carbocycles. The van der Waals surface area contributed by atoms with Gasteiger partial charge in [-0.1, -0.05) is 30.3 Å². The second kappa shape index (κ2) is 7.84. The highest BCUT2D eigenvalue weighted by Crippen LogP contribution is 2.11. The molecule has 0 bridgehead atoms. The lowest BCUT2D eigenvalue weighted by Crippen LogP contribution is -2.34. The summed E-state index contributed by atoms with van der Waals surface area (Å²) in [4.78, 5) is 11.4. The quantitative estimate of drug-likeness (QED) is 0.682. The van der Waals surface area contributed by atoms with E-state index in [1.807, 2.05) is 44.2 Å². The summed E-state index contributed by atoms with van der Waals surface area (Å²) in [5, 5.41) is 15.3. The molecule has 0 aliphatic heterocycles. The summed E-state index contributed by atoms with van der Waals surface area (Å²) >= 11 is 0. The van der Waals surface area contributed by atoms with Crippen LogP contribution in [0.5, 0.6) is 0 Å². The summed E-state index contributed by atoms with van der Waals surface area (Å²) < 4.78 is 0. The predicted octanol–water partition coefficient (Wildman–Crippen LogP) is 1.22. The molecule has 1 rings (SSSR count). The fourth-order valence-corrected chi connectivity index (χ4v) is 1.73. The number of carbonyl (C=O) groups is 1. The number of aliphatic hydroxyl groups is 1. The zero-order valence-electron chi connectivity index (χ0n) is 11.0. The van der Waals surface area contributed by atoms with Crippen molar-refractivity contribution < 1.29 is 9.90 Å². The van der Waals surface area contributed by atoms with Crippen LogP contribution in [0, 0.1) is 0 Å². The zero-order valence-corrected chi connectivity index (χ0v) is 11.0. The van der Waals surface area contributed by atoms with Crippen molar-refractivity contribution >= 4 is 5.91 Å². The highest BCUT2D eigenvalue weighted by atomic mass is 16.3. The van der Waals surface area contributed by atoms with Gasteiger partial charge in [-0.25, -0.2) is 0 Å². The second-order valence-corrected chi connectivity index (χ2v) is 4.57. The van der Waals surface area contributed by atoms with Crippen LogP contribution in [0.3, 0.4) is 0 Å². The first-order chi connectivity index (χ1) is 8.63. The number of rotatable bonds is 7. The summed E-state index contributed by atoms with van der Waals surface area (Å²) in [5.41, 5.74) is 1.03. The number of hydrogen-bond acceptors (Lipinski definition) is 3. The third-order valence-electron chi connectivity index (χ3n) is 2.58. The van der Waals surface area contributed by atoms with E-state index in [-0.39, 0.29) is 24.6 Å². The van der Waals surface area contributed by atoms with Crippen molar-refractivity contribution in [2.45, 2.75) is 32.4 Å². The van der Waals surface area contributed by atoms with Crippen LogP contribution in [0.15, 0.2) is 30.3 Å². The van der Waals surface area contributed by atoms with Crippen LogP contribution >= 0.6 is 0 Å². The average molecular weight is 250 g/mol. The van der Waals surface area contributed by atoms with E-state index in [1.54, 1.807) is 0 Å². The molecule has 4 heteroatoms. The Hall–Kier alpha value is -1.39. The van der Waals surface area contributed by atoms with Crippen molar-refractivity contribution in [3.05, 3.63) is 35.9 Å². The van der Waals surface area contributed by atoms with E-state index in [9.17, 15) is 9.90 Å². The number of carbonyl (C=O) groups excluding carboxylic acids is 1. The molecule has 1 atom stereocenters. The number of hydrogen-bond donors (Lipinski definition) is 3. The summed E-state index contributed by atoms with van der Waals surface area (Å²) in [5.74, 6) is 0.0299. The van der Waals surface area contributed by atoms with Gasteiger partial charge >= 0.3 is 0 Å². The molecule has 0 heterocycles. The molecule has 0 radical (unpaired) electrons. The van der Waals surface area contributed by atoms with Gasteiger partial charge in [0.05, 0.1) is 12.6 Å². The van der Waals surface area contributed by atoms with Gasteiger partial charge in [-0.15, -0.1) is 0 Å². The van der Waals surface area contributed by atoms with E-state index in [0.29, 0.717) is 13.0 Å². The molecule has 0 fully saturated rings. The topological polar surface area (TPSA) is 61.4 Å². The normalized spacial score (nSPS) is 12.4. The van der Waals surface area contributed by atoms with Crippen LogP contribution in [0.25, 0.3) is 0 Å². The van der Waals surface area contributed by atoms with E-state index in [0.717, 1.165) is 5.56 Å². The zero-order chi connectivity index (χ0) is 13.4. The van der Waals surface area contributed by atoms with Crippen molar-refractivity contribution in [3.8, 4) is 0 Å². The maximum absolute atomic E-state index is 11.4. The molecular weight excluding hydrogens is 228 g/mol. The largest absolute Gasteiger partial charge is 0.394 e. The lowest BCUT2D eigenvalue weighted by atomic mass is 10.1. The van der Waals surface area contributed by atoms with E-state index < -0.39 is 0 Å². The minimum Gasteiger partial charge on any atom is -0.394 e. The van der Waals surface area contributed by atoms with Gasteiger partial charge in [0.25, 0.3) is 0 Å². The average Bonchev–Trinajstić information content (AvgIpc) is 2.35. The maximum Gasteiger partial charge on any atom is 0.221 e. The van der Waals surface area contributed by atoms with Crippen molar-refractivity contribution in [3.63, 3.8) is 0 Å². The van der Waals surface area contributed by atoms with E-state index in [2.05, 4.69) is 10.6 Å². The Balaban J connectivity index is 2.35. The fourth-order valence-electron chi connectivity index (χ4n) is 1.73. The Labute approximate surface area is 108 Å². The lowest BCUT2D eigenvalue weighted by molar-refractivity contribution is -0.121. The second-order valence-electron chi connectivity index (χ2n) is 4.57. The fraction of sp³-hybridized carbons (Fsp3) is 0.500. The third kappa shape index (κ3) is 5.29. The van der Waals surface area contributed by atoms with Crippen LogP contribution in [-0.4, -0.2) is 30.2 Å². The first-order valence-electron chi connectivity index (χ1n) is 6.32. The molecule has 1 aromatic rings. The highest BCUT2D eigenvalue weighted by molar-refractivity contribution is 5.76. The Morgan fingerprint density at radius 1 is 1.28 bits per heavy atom. The smallest absolute Gasteiger partial charge is 0.221 e.